The largest absolute Gasteiger partial charge is 0.643 e. The first-order valence-electron chi connectivity index (χ1n) is 25.8. The van der Waals surface area contributed by atoms with E-state index < -0.39 is 11.4 Å². The van der Waals surface area contributed by atoms with Crippen molar-refractivity contribution in [1.82, 2.24) is 29.9 Å². The van der Waals surface area contributed by atoms with Gasteiger partial charge in [-0.3, -0.25) is 0 Å². The van der Waals surface area contributed by atoms with Gasteiger partial charge in [0.1, 0.15) is 69.0 Å². The molecular weight excluding hydrogens is 1170 g/mol. The molecule has 10 aromatic carbocycles. The second-order valence-electron chi connectivity index (χ2n) is 17.8. The predicted molar refractivity (Wildman–Crippen MR) is 334 cm³/mol. The van der Waals surface area contributed by atoms with Gasteiger partial charge in [0, 0.05) is 34.4 Å². The molecule has 12 aromatic rings. The first kappa shape index (κ1) is 59.9. The molecule has 0 amide bonds. The monoisotopic (exact) mass is 1220 g/mol. The van der Waals surface area contributed by atoms with Crippen molar-refractivity contribution in [2.75, 3.05) is 0 Å². The lowest BCUT2D eigenvalue weighted by Crippen LogP contribution is -2.00. The van der Waals surface area contributed by atoms with Crippen LogP contribution >= 0.6 is 41.7 Å². The average Bonchev–Trinajstić information content (AvgIpc) is 3.69. The van der Waals surface area contributed by atoms with Crippen molar-refractivity contribution in [3.8, 4) is 126 Å². The maximum absolute atomic E-state index is 10.5. The number of aromatic nitrogens is 6. The van der Waals surface area contributed by atoms with Crippen molar-refractivity contribution in [1.29, 1.82) is 0 Å². The van der Waals surface area contributed by atoms with Crippen LogP contribution in [0.3, 0.4) is 0 Å². The van der Waals surface area contributed by atoms with Crippen LogP contribution in [0, 0.1) is 0 Å². The summed E-state index contributed by atoms with van der Waals surface area (Å²) in [5.74, 6) is 7.88. The maximum Gasteiger partial charge on any atom is 0.643 e. The molecule has 0 spiro atoms. The summed E-state index contributed by atoms with van der Waals surface area (Å²) in [6.07, 6.45) is 0. The fourth-order valence-electron chi connectivity index (χ4n) is 7.75. The molecule has 2 aromatic heterocycles. The van der Waals surface area contributed by atoms with E-state index in [1.54, 1.807) is 12.1 Å². The average molecular weight is 1220 g/mol. The van der Waals surface area contributed by atoms with Crippen molar-refractivity contribution >= 4 is 53.1 Å². The van der Waals surface area contributed by atoms with E-state index in [-0.39, 0.29) is 34.1 Å². The van der Waals surface area contributed by atoms with Gasteiger partial charge in [-0.25, -0.2) is 50.1 Å². The van der Waals surface area contributed by atoms with Gasteiger partial charge in [-0.2, -0.15) is 9.97 Å². The zero-order valence-corrected chi connectivity index (χ0v) is 48.7. The third-order valence-electron chi connectivity index (χ3n) is 11.7. The molecule has 0 fully saturated rings. The first-order chi connectivity index (χ1) is 41.3. The van der Waals surface area contributed by atoms with Gasteiger partial charge in [0.25, 0.3) is 0 Å². The lowest BCUT2D eigenvalue weighted by molar-refractivity contribution is 0.450. The van der Waals surface area contributed by atoms with E-state index >= 15 is 0 Å². The van der Waals surface area contributed by atoms with E-state index in [4.69, 9.17) is 75.9 Å². The van der Waals surface area contributed by atoms with E-state index in [2.05, 4.69) is 24.9 Å². The summed E-state index contributed by atoms with van der Waals surface area (Å²) in [5, 5.41) is 37.7. The van der Waals surface area contributed by atoms with Gasteiger partial charge < -0.3 is 39.4 Å². The number of ether oxygens (including phenoxy) is 4. The first-order valence-corrected chi connectivity index (χ1v) is 31.4. The Bertz CT molecular complexity index is 3820. The van der Waals surface area contributed by atoms with Crippen LogP contribution in [-0.4, -0.2) is 61.7 Å². The van der Waals surface area contributed by atoms with Crippen molar-refractivity contribution in [2.45, 2.75) is 0 Å². The molecule has 0 aliphatic carbocycles. The van der Waals surface area contributed by atoms with E-state index in [0.29, 0.717) is 40.4 Å². The molecule has 85 heavy (non-hydrogen) atoms. The third-order valence-corrected chi connectivity index (χ3v) is 11.8. The Hall–Kier alpha value is -9.69. The molecule has 420 valence electrons. The zero-order valence-electron chi connectivity index (χ0n) is 44.5. The Morgan fingerprint density at radius 2 is 0.529 bits per heavy atom. The van der Waals surface area contributed by atoms with Crippen molar-refractivity contribution < 1.29 is 39.4 Å². The fraction of sp³-hybridized carbons (Fsp3) is 0. The molecule has 0 unspecified atom stereocenters. The van der Waals surface area contributed by atoms with Crippen LogP contribution in [-0.2, 0) is 0 Å². The Kier molecular flexibility index (Phi) is 21.2. The Labute approximate surface area is 511 Å². The van der Waals surface area contributed by atoms with Gasteiger partial charge in [-0.1, -0.05) is 78.9 Å². The van der Waals surface area contributed by atoms with Gasteiger partial charge in [-0.15, -0.1) is 0 Å². The highest BCUT2D eigenvalue weighted by Crippen LogP contribution is 2.35. The second-order valence-corrected chi connectivity index (χ2v) is 24.6. The zero-order chi connectivity index (χ0) is 59.3. The molecule has 2 heterocycles. The van der Waals surface area contributed by atoms with Crippen molar-refractivity contribution in [3.05, 3.63) is 266 Å². The number of hydrogen-bond acceptors (Lipinski definition) is 14. The number of hydrogen-bond donors (Lipinski definition) is 4. The summed E-state index contributed by atoms with van der Waals surface area (Å²) in [4.78, 5) is 27.2. The molecule has 0 radical (unpaired) electrons. The molecule has 0 aliphatic rings. The molecule has 12 rings (SSSR count). The van der Waals surface area contributed by atoms with E-state index in [9.17, 15) is 10.2 Å². The minimum atomic E-state index is -1.72. The highest BCUT2D eigenvalue weighted by atomic mass is 35.8. The third kappa shape index (κ3) is 18.4. The van der Waals surface area contributed by atoms with Gasteiger partial charge in [-0.05, 0) is 181 Å². The molecule has 0 atom stereocenters. The second kappa shape index (κ2) is 30.0. The summed E-state index contributed by atoms with van der Waals surface area (Å²) in [6, 6.07) is 78.4. The number of nitrogens with zero attached hydrogens (tertiary/aromatic N) is 6. The number of rotatable bonds is 13. The van der Waals surface area contributed by atoms with Gasteiger partial charge in [0.2, 0.25) is 5.28 Å². The molecule has 0 bridgehead atoms. The summed E-state index contributed by atoms with van der Waals surface area (Å²) in [6.45, 7) is 0. The molecule has 4 N–H and O–H groups in total. The van der Waals surface area contributed by atoms with Crippen molar-refractivity contribution in [3.63, 3.8) is 0 Å². The summed E-state index contributed by atoms with van der Waals surface area (Å²) in [5.41, 5.74) is 3.48. The molecule has 19 heteroatoms. The van der Waals surface area contributed by atoms with Gasteiger partial charge in [0.15, 0.2) is 29.1 Å². The molecule has 0 saturated carbocycles. The van der Waals surface area contributed by atoms with Crippen LogP contribution in [0.25, 0.3) is 56.9 Å². The van der Waals surface area contributed by atoms with Crippen LogP contribution in [0.1, 0.15) is 0 Å². The summed E-state index contributed by atoms with van der Waals surface area (Å²) < 4.78 is 23.5. The fourth-order valence-corrected chi connectivity index (χ4v) is 7.91. The van der Waals surface area contributed by atoms with Crippen LogP contribution in [0.2, 0.25) is 5.28 Å². The normalized spacial score (nSPS) is 10.3. The smallest absolute Gasteiger partial charge is 0.508 e. The molecule has 0 saturated heterocycles. The highest BCUT2D eigenvalue weighted by Gasteiger charge is 2.17. The number of para-hydroxylation sites is 4. The van der Waals surface area contributed by atoms with Crippen LogP contribution in [0.5, 0.6) is 69.0 Å². The number of aromatic hydroxyl groups is 4. The molecule has 0 aliphatic heterocycles. The number of halogens is 4. The van der Waals surface area contributed by atoms with Gasteiger partial charge in [0.05, 0.1) is 5.56 Å². The number of phenolic OH excluding ortho intramolecular Hbond substituents is 4. The Morgan fingerprint density at radius 1 is 0.271 bits per heavy atom. The van der Waals surface area contributed by atoms with Crippen LogP contribution in [0.15, 0.2) is 261 Å². The topological polar surface area (TPSA) is 195 Å². The maximum atomic E-state index is 10.5. The summed E-state index contributed by atoms with van der Waals surface area (Å²) in [7, 11) is 14.8. The highest BCUT2D eigenvalue weighted by molar-refractivity contribution is 7.54. The van der Waals surface area contributed by atoms with E-state index in [1.807, 2.05) is 218 Å². The van der Waals surface area contributed by atoms with E-state index in [1.165, 1.54) is 30.3 Å². The minimum Gasteiger partial charge on any atom is -0.508 e. The van der Waals surface area contributed by atoms with Crippen LogP contribution in [0.4, 0.5) is 0 Å². The molecular formula is C66H47AlCl4N6O8. The Morgan fingerprint density at radius 3 is 0.800 bits per heavy atom. The predicted octanol–water partition coefficient (Wildman–Crippen LogP) is 18.1. The van der Waals surface area contributed by atoms with E-state index in [0.717, 1.165) is 56.8 Å². The quantitative estimate of drug-likeness (QED) is 0.0796. The number of benzene rings is 10. The minimum absolute atomic E-state index is 0.0567. The Balaban J connectivity index is 0.000000172. The standard InChI is InChI=1S/C33H23N3O4.C27H18ClN3O2.C6H6O2.Al.3ClH/c37-24-15-20-29(30(38)21-24)33-35-31(22-11-16-27(17-12-22)39-25-7-3-1-4-8-25)34-32(36-33)23-13-18-28(19-14-23)40-26-9-5-2-6-10-26;28-27-30-25(19-11-15-23(16-12-19)32-21-7-3-1-4-8-21)29-26(31-27)20-13-17-24(18-14-20)33-22-9-5-2-6-10-22;7-5-2-1-3-6(8)4-5;;;;/h1-21,37-38H;1-18H;1-4,7-8H;;3*1H/q;;;+3;;;/p-3. The van der Waals surface area contributed by atoms with Crippen LogP contribution < -0.4 is 18.9 Å². The summed E-state index contributed by atoms with van der Waals surface area (Å²) >= 11 is 4.49. The lowest BCUT2D eigenvalue weighted by atomic mass is 10.1. The van der Waals surface area contributed by atoms with Crippen molar-refractivity contribution in [2.24, 2.45) is 0 Å². The molecule has 14 nitrogen and oxygen atoms in total. The lowest BCUT2D eigenvalue weighted by Gasteiger charge is -2.11. The van der Waals surface area contributed by atoms with Gasteiger partial charge >= 0.3 is 11.4 Å². The SMILES string of the molecule is Clc1nc(-c2ccc(Oc3ccccc3)cc2)nc(-c2ccc(Oc3ccccc3)cc2)n1.Oc1ccc(-c2nc(-c3ccc(Oc4ccccc4)cc3)nc(-c3ccc(Oc4ccccc4)cc3)n2)c(O)c1.Oc1cccc(O)c1.[Cl][Al]([Cl])[Cl]. The number of phenols is 4.